The van der Waals surface area contributed by atoms with Crippen LogP contribution in [0.5, 0.6) is 0 Å². The summed E-state index contributed by atoms with van der Waals surface area (Å²) < 4.78 is 28.3. The van der Waals surface area contributed by atoms with E-state index in [2.05, 4.69) is 15.6 Å². The highest BCUT2D eigenvalue weighted by molar-refractivity contribution is 14.0. The number of halogens is 3. The summed E-state index contributed by atoms with van der Waals surface area (Å²) >= 11 is 0. The Hall–Kier alpha value is -1.94. The van der Waals surface area contributed by atoms with Gasteiger partial charge in [-0.1, -0.05) is 24.3 Å². The number of hydrogen-bond donors (Lipinski definition) is 3. The summed E-state index contributed by atoms with van der Waals surface area (Å²) in [7, 11) is 0. The number of rotatable bonds is 7. The van der Waals surface area contributed by atoms with Gasteiger partial charge < -0.3 is 20.6 Å². The van der Waals surface area contributed by atoms with Crippen molar-refractivity contribution in [3.8, 4) is 0 Å². The van der Waals surface area contributed by atoms with Crippen LogP contribution in [0.25, 0.3) is 0 Å². The number of benzene rings is 2. The maximum Gasteiger partial charge on any atom is 0.191 e. The van der Waals surface area contributed by atoms with Crippen molar-refractivity contribution >= 4 is 35.6 Å². The average molecular weight is 544 g/mol. The standard InChI is InChI=1S/C23H30F2N4O.HI/c1-2-26-23(27-12-9-18-5-3-4-6-20(18)24)28-16-17-7-8-22(21(25)15-17)29-13-10-19(30)11-14-29;/h3-8,15,19,30H,2,9-14,16H2,1H3,(H2,26,27,28);1H. The van der Waals surface area contributed by atoms with Gasteiger partial charge in [-0.15, -0.1) is 24.0 Å². The Balaban J connectivity index is 0.00000341. The molecule has 1 fully saturated rings. The second kappa shape index (κ2) is 12.8. The summed E-state index contributed by atoms with van der Waals surface area (Å²) in [6.07, 6.45) is 1.59. The third kappa shape index (κ3) is 7.60. The smallest absolute Gasteiger partial charge is 0.191 e. The molecule has 0 amide bonds. The van der Waals surface area contributed by atoms with E-state index in [9.17, 15) is 13.9 Å². The molecule has 8 heteroatoms. The molecule has 170 valence electrons. The lowest BCUT2D eigenvalue weighted by molar-refractivity contribution is 0.145. The molecule has 0 aromatic heterocycles. The number of nitrogens with one attached hydrogen (secondary N) is 2. The fourth-order valence-corrected chi connectivity index (χ4v) is 3.54. The number of aliphatic hydroxyl groups is 1. The predicted molar refractivity (Wildman–Crippen MR) is 132 cm³/mol. The lowest BCUT2D eigenvalue weighted by atomic mass is 10.1. The minimum absolute atomic E-state index is 0. The van der Waals surface area contributed by atoms with Gasteiger partial charge in [0, 0.05) is 26.2 Å². The quantitative estimate of drug-likeness (QED) is 0.282. The molecule has 0 unspecified atom stereocenters. The fourth-order valence-electron chi connectivity index (χ4n) is 3.54. The van der Waals surface area contributed by atoms with E-state index >= 15 is 0 Å². The highest BCUT2D eigenvalue weighted by Crippen LogP contribution is 2.24. The molecule has 3 N–H and O–H groups in total. The molecule has 3 rings (SSSR count). The van der Waals surface area contributed by atoms with Gasteiger partial charge in [-0.2, -0.15) is 0 Å². The SMILES string of the molecule is CCNC(=NCc1ccc(N2CCC(O)CC2)c(F)c1)NCCc1ccccc1F.I. The number of hydrogen-bond acceptors (Lipinski definition) is 3. The summed E-state index contributed by atoms with van der Waals surface area (Å²) in [6.45, 7) is 4.86. The van der Waals surface area contributed by atoms with Crippen molar-refractivity contribution < 1.29 is 13.9 Å². The van der Waals surface area contributed by atoms with E-state index in [1.54, 1.807) is 18.2 Å². The summed E-state index contributed by atoms with van der Waals surface area (Å²) in [4.78, 5) is 6.49. The minimum Gasteiger partial charge on any atom is -0.393 e. The van der Waals surface area contributed by atoms with Gasteiger partial charge in [-0.05, 0) is 55.5 Å². The summed E-state index contributed by atoms with van der Waals surface area (Å²) in [5.74, 6) is 0.139. The van der Waals surface area contributed by atoms with E-state index < -0.39 is 0 Å². The van der Waals surface area contributed by atoms with Crippen molar-refractivity contribution in [2.75, 3.05) is 31.1 Å². The zero-order valence-electron chi connectivity index (χ0n) is 17.8. The summed E-state index contributed by atoms with van der Waals surface area (Å²) in [5, 5.41) is 16.0. The van der Waals surface area contributed by atoms with Gasteiger partial charge >= 0.3 is 0 Å². The van der Waals surface area contributed by atoms with Gasteiger partial charge in [-0.3, -0.25) is 0 Å². The Kier molecular flexibility index (Phi) is 10.5. The lowest BCUT2D eigenvalue weighted by Crippen LogP contribution is -2.38. The normalized spacial score (nSPS) is 14.8. The largest absolute Gasteiger partial charge is 0.393 e. The van der Waals surface area contributed by atoms with Crippen LogP contribution in [0, 0.1) is 11.6 Å². The first kappa shape index (κ1) is 25.3. The number of guanidine groups is 1. The Morgan fingerprint density at radius 1 is 1.10 bits per heavy atom. The van der Waals surface area contributed by atoms with Crippen molar-refractivity contribution in [1.29, 1.82) is 0 Å². The van der Waals surface area contributed by atoms with Crippen LogP contribution in [0.15, 0.2) is 47.5 Å². The third-order valence-electron chi connectivity index (χ3n) is 5.23. The van der Waals surface area contributed by atoms with Crippen LogP contribution in [0.4, 0.5) is 14.5 Å². The van der Waals surface area contributed by atoms with Crippen LogP contribution < -0.4 is 15.5 Å². The van der Waals surface area contributed by atoms with Crippen LogP contribution in [-0.2, 0) is 13.0 Å². The highest BCUT2D eigenvalue weighted by Gasteiger charge is 2.19. The van der Waals surface area contributed by atoms with Crippen molar-refractivity contribution in [1.82, 2.24) is 10.6 Å². The molecule has 1 saturated heterocycles. The van der Waals surface area contributed by atoms with Crippen LogP contribution >= 0.6 is 24.0 Å². The maximum absolute atomic E-state index is 14.6. The van der Waals surface area contributed by atoms with Gasteiger partial charge in [0.25, 0.3) is 0 Å². The van der Waals surface area contributed by atoms with Crippen molar-refractivity contribution in [2.24, 2.45) is 4.99 Å². The van der Waals surface area contributed by atoms with Crippen LogP contribution in [0.1, 0.15) is 30.9 Å². The zero-order valence-corrected chi connectivity index (χ0v) is 20.1. The molecule has 2 aromatic carbocycles. The number of nitrogens with zero attached hydrogens (tertiary/aromatic N) is 2. The molecule has 2 aromatic rings. The summed E-state index contributed by atoms with van der Waals surface area (Å²) in [5.41, 5.74) is 2.01. The Morgan fingerprint density at radius 3 is 2.52 bits per heavy atom. The second-order valence-corrected chi connectivity index (χ2v) is 7.47. The molecule has 31 heavy (non-hydrogen) atoms. The van der Waals surface area contributed by atoms with Crippen molar-refractivity contribution in [2.45, 2.75) is 38.8 Å². The predicted octanol–water partition coefficient (Wildman–Crippen LogP) is 3.84. The van der Waals surface area contributed by atoms with E-state index in [1.165, 1.54) is 12.1 Å². The van der Waals surface area contributed by atoms with Crippen LogP contribution in [0.2, 0.25) is 0 Å². The molecule has 1 aliphatic rings. The second-order valence-electron chi connectivity index (χ2n) is 7.47. The van der Waals surface area contributed by atoms with E-state index in [1.807, 2.05) is 24.0 Å². The third-order valence-corrected chi connectivity index (χ3v) is 5.23. The number of anilines is 1. The van der Waals surface area contributed by atoms with E-state index in [0.717, 1.165) is 5.56 Å². The van der Waals surface area contributed by atoms with Crippen LogP contribution in [-0.4, -0.2) is 43.3 Å². The van der Waals surface area contributed by atoms with Gasteiger partial charge in [0.05, 0.1) is 18.3 Å². The first-order valence-corrected chi connectivity index (χ1v) is 10.5. The molecule has 0 radical (unpaired) electrons. The molecule has 0 aliphatic carbocycles. The maximum atomic E-state index is 14.6. The first-order valence-electron chi connectivity index (χ1n) is 10.5. The van der Waals surface area contributed by atoms with Gasteiger partial charge in [0.2, 0.25) is 0 Å². The van der Waals surface area contributed by atoms with Crippen molar-refractivity contribution in [3.05, 3.63) is 65.2 Å². The number of piperidine rings is 1. The monoisotopic (exact) mass is 544 g/mol. The molecule has 0 spiro atoms. The molecule has 0 atom stereocenters. The average Bonchev–Trinajstić information content (AvgIpc) is 2.74. The van der Waals surface area contributed by atoms with Gasteiger partial charge in [0.1, 0.15) is 11.6 Å². The Morgan fingerprint density at radius 2 is 1.84 bits per heavy atom. The van der Waals surface area contributed by atoms with E-state index in [-0.39, 0.29) is 41.7 Å². The number of aliphatic hydroxyl groups excluding tert-OH is 1. The molecular formula is C23H31F2IN4O. The minimum atomic E-state index is -0.284. The highest BCUT2D eigenvalue weighted by atomic mass is 127. The molecule has 1 heterocycles. The molecule has 5 nitrogen and oxygen atoms in total. The molecule has 1 aliphatic heterocycles. The van der Waals surface area contributed by atoms with E-state index in [4.69, 9.17) is 0 Å². The molecule has 0 bridgehead atoms. The van der Waals surface area contributed by atoms with Gasteiger partial charge in [0.15, 0.2) is 5.96 Å². The van der Waals surface area contributed by atoms with E-state index in [0.29, 0.717) is 69.2 Å². The first-order chi connectivity index (χ1) is 14.6. The molecule has 0 saturated carbocycles. The molecular weight excluding hydrogens is 513 g/mol. The van der Waals surface area contributed by atoms with Crippen LogP contribution in [0.3, 0.4) is 0 Å². The topological polar surface area (TPSA) is 59.9 Å². The van der Waals surface area contributed by atoms with Gasteiger partial charge in [-0.25, -0.2) is 13.8 Å². The van der Waals surface area contributed by atoms with Crippen molar-refractivity contribution in [3.63, 3.8) is 0 Å². The lowest BCUT2D eigenvalue weighted by Gasteiger charge is -2.31. The zero-order chi connectivity index (χ0) is 21.3. The Bertz CT molecular complexity index is 857. The number of aliphatic imine (C=N–C) groups is 1. The fraction of sp³-hybridized carbons (Fsp3) is 0.435. The Labute approximate surface area is 200 Å². The summed E-state index contributed by atoms with van der Waals surface area (Å²) in [6, 6.07) is 11.9.